The highest BCUT2D eigenvalue weighted by Gasteiger charge is 2.49. The Morgan fingerprint density at radius 1 is 1.07 bits per heavy atom. The van der Waals surface area contributed by atoms with Crippen molar-refractivity contribution in [3.8, 4) is 0 Å². The summed E-state index contributed by atoms with van der Waals surface area (Å²) in [5.41, 5.74) is 0.209. The van der Waals surface area contributed by atoms with Gasteiger partial charge in [0.2, 0.25) is 5.91 Å². The summed E-state index contributed by atoms with van der Waals surface area (Å²) < 4.78 is 0. The first-order valence-electron chi connectivity index (χ1n) is 9.08. The SMILES string of the molecule is CCC(=O)Nc1ccc(C(=O)CN2C(=O)NC(C)(c3ccc(Cl)cc3)C2=O)cc1. The zero-order valence-electron chi connectivity index (χ0n) is 16.0. The molecule has 29 heavy (non-hydrogen) atoms. The Morgan fingerprint density at radius 2 is 1.69 bits per heavy atom. The molecule has 0 saturated carbocycles. The van der Waals surface area contributed by atoms with Crippen LogP contribution in [-0.2, 0) is 15.1 Å². The number of benzene rings is 2. The summed E-state index contributed by atoms with van der Waals surface area (Å²) in [6.07, 6.45) is 0.346. The monoisotopic (exact) mass is 413 g/mol. The van der Waals surface area contributed by atoms with E-state index in [1.54, 1.807) is 62.4 Å². The maximum Gasteiger partial charge on any atom is 0.325 e. The Morgan fingerprint density at radius 3 is 2.28 bits per heavy atom. The summed E-state index contributed by atoms with van der Waals surface area (Å²) >= 11 is 5.89. The fourth-order valence-electron chi connectivity index (χ4n) is 3.04. The molecule has 1 unspecified atom stereocenters. The number of halogens is 1. The standard InChI is InChI=1S/C21H20ClN3O4/c1-3-18(27)23-16-10-4-13(5-11-16)17(26)12-25-19(28)21(2,24-20(25)29)14-6-8-15(22)9-7-14/h4-11H,3,12H2,1-2H3,(H,23,27)(H,24,29). The topological polar surface area (TPSA) is 95.6 Å². The first-order valence-corrected chi connectivity index (χ1v) is 9.45. The molecule has 150 valence electrons. The molecule has 0 aliphatic carbocycles. The highest BCUT2D eigenvalue weighted by atomic mass is 35.5. The van der Waals surface area contributed by atoms with Gasteiger partial charge in [0.25, 0.3) is 5.91 Å². The Bertz CT molecular complexity index is 972. The van der Waals surface area contributed by atoms with Gasteiger partial charge in [-0.2, -0.15) is 0 Å². The number of hydrogen-bond acceptors (Lipinski definition) is 4. The molecular weight excluding hydrogens is 394 g/mol. The van der Waals surface area contributed by atoms with Gasteiger partial charge in [-0.25, -0.2) is 4.79 Å². The number of imide groups is 1. The summed E-state index contributed by atoms with van der Waals surface area (Å²) in [6, 6.07) is 12.3. The lowest BCUT2D eigenvalue weighted by Crippen LogP contribution is -2.41. The molecule has 1 heterocycles. The molecule has 2 N–H and O–H groups in total. The summed E-state index contributed by atoms with van der Waals surface area (Å²) in [6.45, 7) is 2.95. The number of Topliss-reactive ketones (excluding diaryl/α,β-unsaturated/α-hetero) is 1. The molecule has 1 aliphatic heterocycles. The van der Waals surface area contributed by atoms with Crippen LogP contribution in [0.1, 0.15) is 36.2 Å². The molecule has 0 aromatic heterocycles. The molecule has 3 rings (SSSR count). The molecular formula is C21H20ClN3O4. The Kier molecular flexibility index (Phi) is 5.70. The van der Waals surface area contributed by atoms with Crippen molar-refractivity contribution in [2.45, 2.75) is 25.8 Å². The zero-order chi connectivity index (χ0) is 21.2. The molecule has 1 fully saturated rings. The normalized spacial score (nSPS) is 18.5. The van der Waals surface area contributed by atoms with Gasteiger partial charge in [-0.3, -0.25) is 19.3 Å². The van der Waals surface area contributed by atoms with Crippen molar-refractivity contribution in [2.24, 2.45) is 0 Å². The Hall–Kier alpha value is -3.19. The van der Waals surface area contributed by atoms with Crippen LogP contribution >= 0.6 is 11.6 Å². The maximum atomic E-state index is 12.9. The summed E-state index contributed by atoms with van der Waals surface area (Å²) in [4.78, 5) is 50.2. The lowest BCUT2D eigenvalue weighted by Gasteiger charge is -2.22. The smallest absolute Gasteiger partial charge is 0.325 e. The third kappa shape index (κ3) is 4.14. The minimum Gasteiger partial charge on any atom is -0.326 e. The number of urea groups is 1. The van der Waals surface area contributed by atoms with Crippen molar-refractivity contribution >= 4 is 40.9 Å². The van der Waals surface area contributed by atoms with Crippen molar-refractivity contribution in [1.82, 2.24) is 10.2 Å². The van der Waals surface area contributed by atoms with Crippen LogP contribution in [0, 0.1) is 0 Å². The van der Waals surface area contributed by atoms with Crippen molar-refractivity contribution in [2.75, 3.05) is 11.9 Å². The van der Waals surface area contributed by atoms with Crippen LogP contribution < -0.4 is 10.6 Å². The molecule has 7 nitrogen and oxygen atoms in total. The van der Waals surface area contributed by atoms with Gasteiger partial charge in [0.05, 0.1) is 6.54 Å². The number of ketones is 1. The molecule has 2 aromatic carbocycles. The fourth-order valence-corrected chi connectivity index (χ4v) is 3.17. The number of carbonyl (C=O) groups excluding carboxylic acids is 4. The van der Waals surface area contributed by atoms with Crippen molar-refractivity contribution < 1.29 is 19.2 Å². The van der Waals surface area contributed by atoms with Gasteiger partial charge in [0.15, 0.2) is 5.78 Å². The number of anilines is 1. The van der Waals surface area contributed by atoms with Gasteiger partial charge in [0, 0.05) is 22.7 Å². The molecule has 4 amide bonds. The van der Waals surface area contributed by atoms with Crippen LogP contribution in [0.15, 0.2) is 48.5 Å². The first-order chi connectivity index (χ1) is 13.7. The van der Waals surface area contributed by atoms with E-state index in [-0.39, 0.29) is 18.2 Å². The van der Waals surface area contributed by atoms with Gasteiger partial charge in [-0.15, -0.1) is 0 Å². The molecule has 0 bridgehead atoms. The van der Waals surface area contributed by atoms with Crippen LogP contribution in [0.3, 0.4) is 0 Å². The number of amides is 4. The van der Waals surface area contributed by atoms with Crippen LogP contribution in [0.4, 0.5) is 10.5 Å². The van der Waals surface area contributed by atoms with E-state index in [2.05, 4.69) is 10.6 Å². The number of nitrogens with one attached hydrogen (secondary N) is 2. The molecule has 0 radical (unpaired) electrons. The van der Waals surface area contributed by atoms with Gasteiger partial charge < -0.3 is 10.6 Å². The number of hydrogen-bond donors (Lipinski definition) is 2. The second-order valence-corrected chi connectivity index (χ2v) is 7.29. The van der Waals surface area contributed by atoms with Crippen molar-refractivity contribution in [3.05, 3.63) is 64.7 Å². The van der Waals surface area contributed by atoms with Gasteiger partial charge in [0.1, 0.15) is 5.54 Å². The average molecular weight is 414 g/mol. The van der Waals surface area contributed by atoms with Crippen molar-refractivity contribution in [1.29, 1.82) is 0 Å². The second-order valence-electron chi connectivity index (χ2n) is 6.86. The van der Waals surface area contributed by atoms with Crippen molar-refractivity contribution in [3.63, 3.8) is 0 Å². The van der Waals surface area contributed by atoms with E-state index in [9.17, 15) is 19.2 Å². The highest BCUT2D eigenvalue weighted by molar-refractivity contribution is 6.30. The maximum absolute atomic E-state index is 12.9. The molecule has 0 spiro atoms. The van der Waals surface area contributed by atoms with E-state index in [0.717, 1.165) is 4.90 Å². The van der Waals surface area contributed by atoms with Gasteiger partial charge in [-0.1, -0.05) is 30.7 Å². The lowest BCUT2D eigenvalue weighted by molar-refractivity contribution is -0.130. The summed E-state index contributed by atoms with van der Waals surface area (Å²) in [5.74, 6) is -1.03. The number of nitrogens with zero attached hydrogens (tertiary/aromatic N) is 1. The molecule has 1 saturated heterocycles. The second kappa shape index (κ2) is 8.05. The van der Waals surface area contributed by atoms with E-state index in [4.69, 9.17) is 11.6 Å². The van der Waals surface area contributed by atoms with Crippen LogP contribution in [-0.4, -0.2) is 35.1 Å². The third-order valence-electron chi connectivity index (χ3n) is 4.81. The molecule has 2 aromatic rings. The van der Waals surface area contributed by atoms with Gasteiger partial charge >= 0.3 is 6.03 Å². The fraction of sp³-hybridized carbons (Fsp3) is 0.238. The first kappa shape index (κ1) is 20.5. The van der Waals surface area contributed by atoms with E-state index in [0.29, 0.717) is 28.3 Å². The number of rotatable bonds is 6. The van der Waals surface area contributed by atoms with Crippen LogP contribution in [0.25, 0.3) is 0 Å². The molecule has 8 heteroatoms. The molecule has 1 aliphatic rings. The van der Waals surface area contributed by atoms with E-state index < -0.39 is 17.5 Å². The van der Waals surface area contributed by atoms with E-state index in [1.807, 2.05) is 0 Å². The zero-order valence-corrected chi connectivity index (χ0v) is 16.7. The van der Waals surface area contributed by atoms with Crippen LogP contribution in [0.2, 0.25) is 5.02 Å². The summed E-state index contributed by atoms with van der Waals surface area (Å²) in [5, 5.41) is 5.86. The molecule has 1 atom stereocenters. The quantitative estimate of drug-likeness (QED) is 0.560. The summed E-state index contributed by atoms with van der Waals surface area (Å²) in [7, 11) is 0. The Labute approximate surface area is 173 Å². The highest BCUT2D eigenvalue weighted by Crippen LogP contribution is 2.29. The minimum absolute atomic E-state index is 0.134. The minimum atomic E-state index is -1.27. The van der Waals surface area contributed by atoms with E-state index >= 15 is 0 Å². The largest absolute Gasteiger partial charge is 0.326 e. The van der Waals surface area contributed by atoms with E-state index in [1.165, 1.54) is 0 Å². The lowest BCUT2D eigenvalue weighted by atomic mass is 9.92. The number of carbonyl (C=O) groups is 4. The predicted octanol–water partition coefficient (Wildman–Crippen LogP) is 3.34. The Balaban J connectivity index is 1.73. The predicted molar refractivity (Wildman–Crippen MR) is 109 cm³/mol. The van der Waals surface area contributed by atoms with Crippen LogP contribution in [0.5, 0.6) is 0 Å². The average Bonchev–Trinajstić information content (AvgIpc) is 2.92. The van der Waals surface area contributed by atoms with Gasteiger partial charge in [-0.05, 0) is 48.9 Å². The third-order valence-corrected chi connectivity index (χ3v) is 5.06.